The molecule has 2 amide bonds. The molecule has 0 unspecified atom stereocenters. The molecule has 0 aromatic heterocycles. The lowest BCUT2D eigenvalue weighted by molar-refractivity contribution is -0.384. The number of carbonyl (C=O) groups is 2. The summed E-state index contributed by atoms with van der Waals surface area (Å²) < 4.78 is 5.25. The second-order valence-electron chi connectivity index (χ2n) is 8.88. The van der Waals surface area contributed by atoms with E-state index in [1.165, 1.54) is 12.1 Å². The molecule has 1 aromatic carbocycles. The second kappa shape index (κ2) is 9.64. The second-order valence-corrected chi connectivity index (χ2v) is 8.88. The summed E-state index contributed by atoms with van der Waals surface area (Å²) in [6.07, 6.45) is -0.0101. The molecule has 0 saturated carbocycles. The molecule has 10 nitrogen and oxygen atoms in total. The Morgan fingerprint density at radius 1 is 1.35 bits per heavy atom. The molecule has 0 radical (unpaired) electrons. The van der Waals surface area contributed by atoms with E-state index in [-0.39, 0.29) is 29.1 Å². The minimum absolute atomic E-state index is 0.141. The van der Waals surface area contributed by atoms with Crippen LogP contribution in [0.3, 0.4) is 0 Å². The van der Waals surface area contributed by atoms with Crippen molar-refractivity contribution in [3.8, 4) is 6.07 Å². The normalized spacial score (nSPS) is 17.1. The Balaban J connectivity index is 2.03. The molecule has 1 aliphatic rings. The van der Waals surface area contributed by atoms with Gasteiger partial charge in [0.25, 0.3) is 5.69 Å². The first-order chi connectivity index (χ1) is 14.4. The lowest BCUT2D eigenvalue weighted by Gasteiger charge is -2.26. The maximum Gasteiger partial charge on any atom is 0.408 e. The molecule has 31 heavy (non-hydrogen) atoms. The van der Waals surface area contributed by atoms with Crippen molar-refractivity contribution in [2.24, 2.45) is 5.92 Å². The molecule has 1 fully saturated rings. The van der Waals surface area contributed by atoms with E-state index in [1.54, 1.807) is 26.8 Å². The van der Waals surface area contributed by atoms with Crippen molar-refractivity contribution in [3.63, 3.8) is 0 Å². The van der Waals surface area contributed by atoms with Gasteiger partial charge in [0.05, 0.1) is 16.2 Å². The van der Waals surface area contributed by atoms with Gasteiger partial charge in [0.1, 0.15) is 17.7 Å². The van der Waals surface area contributed by atoms with Gasteiger partial charge in [-0.3, -0.25) is 14.9 Å². The van der Waals surface area contributed by atoms with E-state index in [2.05, 4.69) is 10.6 Å². The number of hydrogen-bond acceptors (Lipinski definition) is 7. The van der Waals surface area contributed by atoms with E-state index in [4.69, 9.17) is 4.74 Å². The molecule has 0 spiro atoms. The molecule has 2 rings (SSSR count). The zero-order valence-corrected chi connectivity index (χ0v) is 18.5. The Morgan fingerprint density at radius 3 is 2.58 bits per heavy atom. The van der Waals surface area contributed by atoms with Crippen LogP contribution >= 0.6 is 0 Å². The molecule has 1 saturated heterocycles. The lowest BCUT2D eigenvalue weighted by atomic mass is 10.0. The van der Waals surface area contributed by atoms with Crippen molar-refractivity contribution in [2.45, 2.75) is 58.7 Å². The highest BCUT2D eigenvalue weighted by atomic mass is 16.6. The van der Waals surface area contributed by atoms with Gasteiger partial charge in [-0.25, -0.2) is 4.79 Å². The average Bonchev–Trinajstić information content (AvgIpc) is 3.11. The fourth-order valence-corrected chi connectivity index (χ4v) is 3.36. The Bertz CT molecular complexity index is 887. The number of benzene rings is 1. The van der Waals surface area contributed by atoms with E-state index in [1.807, 2.05) is 24.8 Å². The quantitative estimate of drug-likeness (QED) is 0.522. The molecule has 1 aromatic rings. The van der Waals surface area contributed by atoms with E-state index in [0.29, 0.717) is 25.2 Å². The zero-order valence-electron chi connectivity index (χ0n) is 18.5. The van der Waals surface area contributed by atoms with Gasteiger partial charge < -0.3 is 20.3 Å². The smallest absolute Gasteiger partial charge is 0.408 e. The predicted octanol–water partition coefficient (Wildman–Crippen LogP) is 2.71. The molecular formula is C21H29N5O5. The topological polar surface area (TPSA) is 138 Å². The molecule has 0 bridgehead atoms. The highest BCUT2D eigenvalue weighted by molar-refractivity contribution is 5.86. The van der Waals surface area contributed by atoms with Crippen molar-refractivity contribution in [3.05, 3.63) is 33.9 Å². The van der Waals surface area contributed by atoms with Gasteiger partial charge in [-0.2, -0.15) is 5.26 Å². The number of anilines is 1. The summed E-state index contributed by atoms with van der Waals surface area (Å²) in [5.74, 6) is -0.457. The Labute approximate surface area is 181 Å². The van der Waals surface area contributed by atoms with Gasteiger partial charge >= 0.3 is 6.09 Å². The molecule has 10 heteroatoms. The highest BCUT2D eigenvalue weighted by Crippen LogP contribution is 2.28. The van der Waals surface area contributed by atoms with Crippen molar-refractivity contribution >= 4 is 23.4 Å². The van der Waals surface area contributed by atoms with Gasteiger partial charge in [-0.05, 0) is 39.2 Å². The van der Waals surface area contributed by atoms with E-state index >= 15 is 0 Å². The van der Waals surface area contributed by atoms with Gasteiger partial charge in [0.15, 0.2) is 0 Å². The molecule has 168 valence electrons. The van der Waals surface area contributed by atoms with Crippen LogP contribution in [0.25, 0.3) is 0 Å². The molecule has 0 aliphatic carbocycles. The van der Waals surface area contributed by atoms with Crippen LogP contribution in [0.5, 0.6) is 0 Å². The van der Waals surface area contributed by atoms with Crippen LogP contribution < -0.4 is 15.5 Å². The van der Waals surface area contributed by atoms with Gasteiger partial charge in [-0.1, -0.05) is 13.8 Å². The SMILES string of the molecule is CC(C)[C@H](NC(=O)OC(C)(C)C)C(=O)N[C@H]1CCN(c2ccc([N+](=O)[O-])cc2C#N)C1. The van der Waals surface area contributed by atoms with Crippen molar-refractivity contribution in [2.75, 3.05) is 18.0 Å². The third kappa shape index (κ3) is 6.57. The van der Waals surface area contributed by atoms with Crippen molar-refractivity contribution in [1.29, 1.82) is 5.26 Å². The third-order valence-corrected chi connectivity index (χ3v) is 4.81. The van der Waals surface area contributed by atoms with Crippen molar-refractivity contribution in [1.82, 2.24) is 10.6 Å². The summed E-state index contributed by atoms with van der Waals surface area (Å²) in [6, 6.07) is 5.24. The van der Waals surface area contributed by atoms with E-state index in [0.717, 1.165) is 0 Å². The molecule has 1 heterocycles. The number of carbonyl (C=O) groups excluding carboxylic acids is 2. The summed E-state index contributed by atoms with van der Waals surface area (Å²) in [5, 5.41) is 25.9. The maximum absolute atomic E-state index is 12.8. The summed E-state index contributed by atoms with van der Waals surface area (Å²) in [4.78, 5) is 37.2. The highest BCUT2D eigenvalue weighted by Gasteiger charge is 2.31. The van der Waals surface area contributed by atoms with Crippen LogP contribution in [-0.4, -0.2) is 47.7 Å². The zero-order chi connectivity index (χ0) is 23.3. The van der Waals surface area contributed by atoms with Crippen LogP contribution in [0.4, 0.5) is 16.2 Å². The summed E-state index contributed by atoms with van der Waals surface area (Å²) >= 11 is 0. The van der Waals surface area contributed by atoms with Crippen molar-refractivity contribution < 1.29 is 19.2 Å². The van der Waals surface area contributed by atoms with Crippen LogP contribution in [0.2, 0.25) is 0 Å². The Kier molecular flexibility index (Phi) is 7.44. The molecule has 2 atom stereocenters. The number of nitro groups is 1. The summed E-state index contributed by atoms with van der Waals surface area (Å²) in [5.41, 5.74) is -0.000594. The molecule has 1 aliphatic heterocycles. The number of nitriles is 1. The minimum atomic E-state index is -0.752. The number of non-ortho nitro benzene ring substituents is 1. The fraction of sp³-hybridized carbons (Fsp3) is 0.571. The lowest BCUT2D eigenvalue weighted by Crippen LogP contribution is -2.53. The van der Waals surface area contributed by atoms with Crippen LogP contribution in [0.1, 0.15) is 46.6 Å². The first kappa shape index (κ1) is 23.9. The average molecular weight is 431 g/mol. The molecular weight excluding hydrogens is 402 g/mol. The Hall–Kier alpha value is -3.35. The number of nitro benzene ring substituents is 1. The number of hydrogen-bond donors (Lipinski definition) is 2. The van der Waals surface area contributed by atoms with Crippen LogP contribution in [-0.2, 0) is 9.53 Å². The monoisotopic (exact) mass is 431 g/mol. The van der Waals surface area contributed by atoms with E-state index < -0.39 is 22.7 Å². The van der Waals surface area contributed by atoms with Gasteiger partial charge in [-0.15, -0.1) is 0 Å². The summed E-state index contributed by atoms with van der Waals surface area (Å²) in [6.45, 7) is 9.95. The van der Waals surface area contributed by atoms with Gasteiger partial charge in [0, 0.05) is 31.3 Å². The first-order valence-electron chi connectivity index (χ1n) is 10.1. The standard InChI is InChI=1S/C21H29N5O5/c1-13(2)18(24-20(28)31-21(3,4)5)19(27)23-15-8-9-25(12-15)17-7-6-16(26(29)30)10-14(17)11-22/h6-7,10,13,15,18H,8-9,12H2,1-5H3,(H,23,27)(H,24,28)/t15-,18-/m0/s1. The van der Waals surface area contributed by atoms with Crippen LogP contribution in [0, 0.1) is 27.4 Å². The number of nitrogens with one attached hydrogen (secondary N) is 2. The van der Waals surface area contributed by atoms with E-state index in [9.17, 15) is 25.0 Å². The predicted molar refractivity (Wildman–Crippen MR) is 115 cm³/mol. The number of ether oxygens (including phenoxy) is 1. The fourth-order valence-electron chi connectivity index (χ4n) is 3.36. The number of nitrogens with zero attached hydrogens (tertiary/aromatic N) is 3. The van der Waals surface area contributed by atoms with Crippen LogP contribution in [0.15, 0.2) is 18.2 Å². The number of rotatable bonds is 6. The number of alkyl carbamates (subject to hydrolysis) is 1. The maximum atomic E-state index is 12.8. The summed E-state index contributed by atoms with van der Waals surface area (Å²) in [7, 11) is 0. The largest absolute Gasteiger partial charge is 0.444 e. The first-order valence-corrected chi connectivity index (χ1v) is 10.1. The molecule has 2 N–H and O–H groups in total. The Morgan fingerprint density at radius 2 is 2.03 bits per heavy atom. The third-order valence-electron chi connectivity index (χ3n) is 4.81. The minimum Gasteiger partial charge on any atom is -0.444 e. The van der Waals surface area contributed by atoms with Gasteiger partial charge in [0.2, 0.25) is 5.91 Å². The number of amides is 2.